The Morgan fingerprint density at radius 3 is 2.50 bits per heavy atom. The van der Waals surface area contributed by atoms with Gasteiger partial charge < -0.3 is 4.98 Å². The summed E-state index contributed by atoms with van der Waals surface area (Å²) < 4.78 is 0. The molecule has 0 amide bonds. The van der Waals surface area contributed by atoms with E-state index in [-0.39, 0.29) is 32.7 Å². The van der Waals surface area contributed by atoms with Crippen LogP contribution in [0.2, 0.25) is 0 Å². The molecule has 0 aromatic carbocycles. The quantitative estimate of drug-likeness (QED) is 0.796. The van der Waals surface area contributed by atoms with Crippen molar-refractivity contribution in [3.63, 3.8) is 0 Å². The Balaban J connectivity index is 0.00000128. The Hall–Kier alpha value is -0.666. The van der Waals surface area contributed by atoms with Crippen molar-refractivity contribution in [2.45, 2.75) is 19.8 Å². The minimum Gasteiger partial charge on any atom is -0.381 e. The monoisotopic (exact) mass is 287 g/mol. The standard InChI is InChI=1S/C12H12N3.Y/c1-9(2)10-3-4-11(14-7-10)12-5-6-13-8-15-12;/h4-9H,1-2H3;/q-1;. The smallest absolute Gasteiger partial charge is 0.114 e. The number of nitrogens with zero attached hydrogens (tertiary/aromatic N) is 3. The van der Waals surface area contributed by atoms with Gasteiger partial charge in [-0.05, 0) is 17.7 Å². The maximum Gasteiger partial charge on any atom is 0.114 e. The molecule has 0 unspecified atom stereocenters. The Bertz CT molecular complexity index is 426. The van der Waals surface area contributed by atoms with E-state index in [2.05, 4.69) is 34.9 Å². The van der Waals surface area contributed by atoms with Gasteiger partial charge in [0.25, 0.3) is 0 Å². The molecule has 16 heavy (non-hydrogen) atoms. The Kier molecular flexibility index (Phi) is 5.16. The summed E-state index contributed by atoms with van der Waals surface area (Å²) in [7, 11) is 0. The third kappa shape index (κ3) is 3.16. The van der Waals surface area contributed by atoms with E-state index in [1.54, 1.807) is 6.20 Å². The van der Waals surface area contributed by atoms with Crippen LogP contribution >= 0.6 is 0 Å². The minimum absolute atomic E-state index is 0. The van der Waals surface area contributed by atoms with Crippen molar-refractivity contribution < 1.29 is 32.7 Å². The Labute approximate surface area is 121 Å². The van der Waals surface area contributed by atoms with Crippen LogP contribution in [-0.2, 0) is 32.7 Å². The zero-order valence-corrected chi connectivity index (χ0v) is 12.2. The second kappa shape index (κ2) is 6.16. The van der Waals surface area contributed by atoms with Gasteiger partial charge in [0, 0.05) is 44.6 Å². The van der Waals surface area contributed by atoms with E-state index < -0.39 is 0 Å². The molecular weight excluding hydrogens is 275 g/mol. The fourth-order valence-electron chi connectivity index (χ4n) is 1.26. The fraction of sp³-hybridized carbons (Fsp3) is 0.250. The Morgan fingerprint density at radius 2 is 2.00 bits per heavy atom. The van der Waals surface area contributed by atoms with Crippen LogP contribution in [-0.4, -0.2) is 15.0 Å². The van der Waals surface area contributed by atoms with Crippen molar-refractivity contribution >= 4 is 0 Å². The zero-order chi connectivity index (χ0) is 10.7. The summed E-state index contributed by atoms with van der Waals surface area (Å²) in [4.78, 5) is 12.3. The molecule has 0 aliphatic carbocycles. The maximum atomic E-state index is 4.35. The van der Waals surface area contributed by atoms with E-state index in [9.17, 15) is 0 Å². The largest absolute Gasteiger partial charge is 0.381 e. The molecule has 2 rings (SSSR count). The van der Waals surface area contributed by atoms with E-state index in [4.69, 9.17) is 0 Å². The summed E-state index contributed by atoms with van der Waals surface area (Å²) >= 11 is 0. The zero-order valence-electron chi connectivity index (χ0n) is 9.38. The topological polar surface area (TPSA) is 38.7 Å². The molecule has 0 aliphatic heterocycles. The van der Waals surface area contributed by atoms with Crippen molar-refractivity contribution in [3.05, 3.63) is 42.5 Å². The first-order chi connectivity index (χ1) is 7.27. The first-order valence-corrected chi connectivity index (χ1v) is 4.91. The second-order valence-electron chi connectivity index (χ2n) is 3.64. The van der Waals surface area contributed by atoms with E-state index in [0.717, 1.165) is 17.0 Å². The van der Waals surface area contributed by atoms with Crippen LogP contribution in [0.5, 0.6) is 0 Å². The molecule has 1 radical (unpaired) electrons. The first kappa shape index (κ1) is 13.4. The third-order valence-electron chi connectivity index (χ3n) is 2.18. The predicted molar refractivity (Wildman–Crippen MR) is 58.2 cm³/mol. The number of aromatic nitrogens is 3. The summed E-state index contributed by atoms with van der Waals surface area (Å²) in [6, 6.07) is 6.92. The SMILES string of the molecule is CC(C)c1[c-]cc(-c2ccncn2)nc1.[Y]. The summed E-state index contributed by atoms with van der Waals surface area (Å²) in [5.41, 5.74) is 2.78. The van der Waals surface area contributed by atoms with Crippen LogP contribution in [0.25, 0.3) is 11.4 Å². The van der Waals surface area contributed by atoms with Gasteiger partial charge in [0.15, 0.2) is 0 Å². The molecule has 0 saturated carbocycles. The van der Waals surface area contributed by atoms with E-state index in [1.807, 2.05) is 18.3 Å². The van der Waals surface area contributed by atoms with E-state index >= 15 is 0 Å². The predicted octanol–water partition coefficient (Wildman–Crippen LogP) is 2.46. The van der Waals surface area contributed by atoms with Crippen molar-refractivity contribution in [1.82, 2.24) is 15.0 Å². The van der Waals surface area contributed by atoms with Gasteiger partial charge in [0.2, 0.25) is 0 Å². The van der Waals surface area contributed by atoms with Crippen molar-refractivity contribution in [3.8, 4) is 11.4 Å². The molecule has 0 saturated heterocycles. The molecule has 2 aromatic heterocycles. The van der Waals surface area contributed by atoms with Gasteiger partial charge in [-0.15, -0.1) is 11.6 Å². The van der Waals surface area contributed by atoms with Crippen molar-refractivity contribution in [2.24, 2.45) is 0 Å². The van der Waals surface area contributed by atoms with Crippen molar-refractivity contribution in [2.75, 3.05) is 0 Å². The summed E-state index contributed by atoms with van der Waals surface area (Å²) in [6.07, 6.45) is 5.08. The van der Waals surface area contributed by atoms with Crippen molar-refractivity contribution in [1.29, 1.82) is 0 Å². The third-order valence-corrected chi connectivity index (χ3v) is 2.18. The molecule has 0 fully saturated rings. The van der Waals surface area contributed by atoms with E-state index in [1.165, 1.54) is 6.33 Å². The molecule has 0 atom stereocenters. The van der Waals surface area contributed by atoms with Crippen LogP contribution in [0.1, 0.15) is 25.3 Å². The summed E-state index contributed by atoms with van der Waals surface area (Å²) in [6.45, 7) is 4.25. The van der Waals surface area contributed by atoms with Gasteiger partial charge in [-0.1, -0.05) is 20.0 Å². The normalized spacial score (nSPS) is 9.94. The van der Waals surface area contributed by atoms with Crippen LogP contribution in [0.4, 0.5) is 0 Å². The summed E-state index contributed by atoms with van der Waals surface area (Å²) in [5.74, 6) is 0.456. The number of rotatable bonds is 2. The van der Waals surface area contributed by atoms with Gasteiger partial charge in [0.1, 0.15) is 6.33 Å². The van der Waals surface area contributed by atoms with Gasteiger partial charge in [-0.25, -0.2) is 9.97 Å². The molecule has 3 nitrogen and oxygen atoms in total. The van der Waals surface area contributed by atoms with Gasteiger partial charge in [-0.3, -0.25) is 0 Å². The average molecular weight is 287 g/mol. The Morgan fingerprint density at radius 1 is 1.19 bits per heavy atom. The molecule has 0 bridgehead atoms. The molecule has 79 valence electrons. The van der Waals surface area contributed by atoms with Crippen LogP contribution in [0, 0.1) is 6.07 Å². The van der Waals surface area contributed by atoms with Crippen LogP contribution in [0.3, 0.4) is 0 Å². The van der Waals surface area contributed by atoms with Gasteiger partial charge in [-0.2, -0.15) is 6.07 Å². The second-order valence-corrected chi connectivity index (χ2v) is 3.64. The summed E-state index contributed by atoms with van der Waals surface area (Å²) in [5, 5.41) is 0. The average Bonchev–Trinajstić information content (AvgIpc) is 2.30. The van der Waals surface area contributed by atoms with Crippen LogP contribution in [0.15, 0.2) is 30.9 Å². The number of hydrogen-bond acceptors (Lipinski definition) is 3. The molecule has 2 heterocycles. The number of hydrogen-bond donors (Lipinski definition) is 0. The molecular formula is C12H12N3Y-. The molecule has 4 heteroatoms. The number of pyridine rings is 1. The van der Waals surface area contributed by atoms with Gasteiger partial charge in [0.05, 0.1) is 0 Å². The first-order valence-electron chi connectivity index (χ1n) is 4.91. The minimum atomic E-state index is 0. The molecule has 2 aromatic rings. The molecule has 0 N–H and O–H groups in total. The molecule has 0 spiro atoms. The maximum absolute atomic E-state index is 4.35. The van der Waals surface area contributed by atoms with Gasteiger partial charge >= 0.3 is 0 Å². The fourth-order valence-corrected chi connectivity index (χ4v) is 1.26. The molecule has 0 aliphatic rings. The van der Waals surface area contributed by atoms with Crippen LogP contribution < -0.4 is 0 Å². The van der Waals surface area contributed by atoms with E-state index in [0.29, 0.717) is 5.92 Å².